The van der Waals surface area contributed by atoms with Gasteiger partial charge in [-0.05, 0) is 18.1 Å². The third kappa shape index (κ3) is 4.20. The number of rotatable bonds is 7. The van der Waals surface area contributed by atoms with Gasteiger partial charge in [0.1, 0.15) is 18.1 Å². The van der Waals surface area contributed by atoms with Crippen molar-refractivity contribution in [2.24, 2.45) is 16.7 Å². The molecule has 27 heavy (non-hydrogen) atoms. The number of aliphatic carboxylic acids is 1. The first-order valence-corrected chi connectivity index (χ1v) is 7.92. The van der Waals surface area contributed by atoms with Crippen LogP contribution in [0.3, 0.4) is 0 Å². The highest BCUT2D eigenvalue weighted by Crippen LogP contribution is 2.28. The molecule has 7 N–H and O–H groups in total. The fourth-order valence-corrected chi connectivity index (χ4v) is 2.54. The molecule has 0 bridgehead atoms. The number of amides is 4. The minimum Gasteiger partial charge on any atom is -0.480 e. The number of imide groups is 1. The molecule has 1 fully saturated rings. The molecule has 11 nitrogen and oxygen atoms in total. The van der Waals surface area contributed by atoms with Crippen LogP contribution in [0, 0.1) is 0 Å². The van der Waals surface area contributed by atoms with Crippen molar-refractivity contribution >= 4 is 30.0 Å². The molecule has 2 unspecified atom stereocenters. The van der Waals surface area contributed by atoms with Crippen LogP contribution in [0.15, 0.2) is 29.4 Å². The number of nitrogens with one attached hydrogen (secondary N) is 2. The lowest BCUT2D eigenvalue weighted by Gasteiger charge is -2.22. The predicted molar refractivity (Wildman–Crippen MR) is 94.4 cm³/mol. The number of hydrogen-bond acceptors (Lipinski definition) is 7. The second-order valence-electron chi connectivity index (χ2n) is 6.10. The first kappa shape index (κ1) is 19.8. The number of nitrogens with two attached hydrogens (primary N) is 2. The summed E-state index contributed by atoms with van der Waals surface area (Å²) in [6, 6.07) is 4.64. The van der Waals surface area contributed by atoms with Gasteiger partial charge in [0.15, 0.2) is 0 Å². The van der Waals surface area contributed by atoms with Crippen molar-refractivity contribution in [3.05, 3.63) is 35.4 Å². The van der Waals surface area contributed by atoms with E-state index in [0.717, 1.165) is 4.90 Å². The molecule has 1 heterocycles. The van der Waals surface area contributed by atoms with Crippen molar-refractivity contribution in [3.8, 4) is 0 Å². The van der Waals surface area contributed by atoms with Crippen LogP contribution in [-0.2, 0) is 19.9 Å². The number of nitrogens with zero attached hydrogens (tertiary/aromatic N) is 2. The molecule has 0 saturated carbocycles. The van der Waals surface area contributed by atoms with Crippen molar-refractivity contribution in [2.45, 2.75) is 18.5 Å². The molecule has 1 saturated heterocycles. The maximum absolute atomic E-state index is 12.7. The number of benzene rings is 1. The second kappa shape index (κ2) is 7.83. The quantitative estimate of drug-likeness (QED) is 0.162. The van der Waals surface area contributed by atoms with Crippen molar-refractivity contribution in [1.82, 2.24) is 15.5 Å². The van der Waals surface area contributed by atoms with Crippen LogP contribution in [0.1, 0.15) is 18.1 Å². The summed E-state index contributed by atoms with van der Waals surface area (Å²) in [4.78, 5) is 48.2. The van der Waals surface area contributed by atoms with E-state index in [9.17, 15) is 19.2 Å². The van der Waals surface area contributed by atoms with E-state index >= 15 is 0 Å². The summed E-state index contributed by atoms with van der Waals surface area (Å²) in [6.45, 7) is 0.654. The van der Waals surface area contributed by atoms with E-state index in [0.29, 0.717) is 11.1 Å². The van der Waals surface area contributed by atoms with Crippen LogP contribution in [-0.4, -0.2) is 59.2 Å². The molecule has 0 spiro atoms. The van der Waals surface area contributed by atoms with E-state index in [1.54, 1.807) is 24.3 Å². The Morgan fingerprint density at radius 1 is 1.37 bits per heavy atom. The summed E-state index contributed by atoms with van der Waals surface area (Å²) in [6.07, 6.45) is 1.43. The van der Waals surface area contributed by atoms with Crippen LogP contribution in [0.5, 0.6) is 0 Å². The van der Waals surface area contributed by atoms with Crippen molar-refractivity contribution < 1.29 is 24.3 Å². The lowest BCUT2D eigenvalue weighted by molar-refractivity contribution is -0.139. The molecule has 1 aliphatic heterocycles. The molecular formula is C16H20N6O5. The van der Waals surface area contributed by atoms with Gasteiger partial charge in [0, 0.05) is 6.54 Å². The Hall–Kier alpha value is -3.47. The van der Waals surface area contributed by atoms with E-state index in [1.807, 2.05) is 0 Å². The molecule has 0 radical (unpaired) electrons. The predicted octanol–water partition coefficient (Wildman–Crippen LogP) is -1.73. The molecule has 2 atom stereocenters. The van der Waals surface area contributed by atoms with E-state index in [4.69, 9.17) is 16.7 Å². The number of hydrazone groups is 1. The fraction of sp³-hybridized carbons (Fsp3) is 0.312. The van der Waals surface area contributed by atoms with Gasteiger partial charge in [-0.1, -0.05) is 24.3 Å². The maximum atomic E-state index is 12.7. The molecule has 1 aromatic rings. The van der Waals surface area contributed by atoms with Crippen LogP contribution in [0.4, 0.5) is 4.79 Å². The van der Waals surface area contributed by atoms with Gasteiger partial charge in [0.2, 0.25) is 5.91 Å². The summed E-state index contributed by atoms with van der Waals surface area (Å²) in [5.74, 6) is 2.50. The number of urea groups is 1. The van der Waals surface area contributed by atoms with Gasteiger partial charge in [0.05, 0.1) is 6.21 Å². The number of carbonyl (C=O) groups excluding carboxylic acids is 3. The Bertz CT molecular complexity index is 793. The van der Waals surface area contributed by atoms with Crippen LogP contribution >= 0.6 is 0 Å². The second-order valence-corrected chi connectivity index (χ2v) is 6.10. The zero-order chi connectivity index (χ0) is 20.2. The Labute approximate surface area is 154 Å². The first-order chi connectivity index (χ1) is 12.7. The minimum absolute atomic E-state index is 0.320. The van der Waals surface area contributed by atoms with Crippen molar-refractivity contribution in [1.29, 1.82) is 0 Å². The SMILES string of the molecule is CC1(c2ccc(C=NN)cc2)NC(=O)N(CC(=O)NCC(N)C(=O)O)C1=O. The highest BCUT2D eigenvalue weighted by Gasteiger charge is 2.49. The van der Waals surface area contributed by atoms with E-state index in [-0.39, 0.29) is 6.54 Å². The van der Waals surface area contributed by atoms with Gasteiger partial charge in [-0.15, -0.1) is 0 Å². The molecule has 0 aromatic heterocycles. The largest absolute Gasteiger partial charge is 0.480 e. The number of hydrogen-bond donors (Lipinski definition) is 5. The monoisotopic (exact) mass is 376 g/mol. The van der Waals surface area contributed by atoms with Crippen LogP contribution < -0.4 is 22.2 Å². The van der Waals surface area contributed by atoms with E-state index in [1.165, 1.54) is 13.1 Å². The third-order valence-electron chi connectivity index (χ3n) is 4.12. The zero-order valence-corrected chi connectivity index (χ0v) is 14.5. The van der Waals surface area contributed by atoms with E-state index in [2.05, 4.69) is 15.7 Å². The number of carboxylic acids is 1. The summed E-state index contributed by atoms with van der Waals surface area (Å²) in [7, 11) is 0. The van der Waals surface area contributed by atoms with Gasteiger partial charge in [-0.3, -0.25) is 19.3 Å². The normalized spacial score (nSPS) is 20.6. The molecule has 1 aromatic carbocycles. The van der Waals surface area contributed by atoms with Gasteiger partial charge >= 0.3 is 12.0 Å². The molecular weight excluding hydrogens is 356 g/mol. The summed E-state index contributed by atoms with van der Waals surface area (Å²) in [5, 5.41) is 16.9. The Kier molecular flexibility index (Phi) is 5.75. The Morgan fingerprint density at radius 2 is 2.00 bits per heavy atom. The first-order valence-electron chi connectivity index (χ1n) is 7.92. The van der Waals surface area contributed by atoms with Gasteiger partial charge in [-0.25, -0.2) is 4.79 Å². The standard InChI is InChI=1S/C16H20N6O5/c1-16(10-4-2-9(3-5-10)6-20-18)14(26)22(15(27)21-16)8-12(23)19-7-11(17)13(24)25/h2-6,11H,7-8,17-18H2,1H3,(H,19,23)(H,21,27)(H,24,25). The Balaban J connectivity index is 2.09. The fourth-order valence-electron chi connectivity index (χ4n) is 2.54. The highest BCUT2D eigenvalue weighted by molar-refractivity contribution is 6.09. The van der Waals surface area contributed by atoms with Crippen LogP contribution in [0.25, 0.3) is 0 Å². The van der Waals surface area contributed by atoms with Gasteiger partial charge in [-0.2, -0.15) is 5.10 Å². The molecule has 2 rings (SSSR count). The average Bonchev–Trinajstić information content (AvgIpc) is 2.84. The van der Waals surface area contributed by atoms with E-state index < -0.39 is 41.9 Å². The number of carbonyl (C=O) groups is 4. The molecule has 1 aliphatic rings. The van der Waals surface area contributed by atoms with Crippen LogP contribution in [0.2, 0.25) is 0 Å². The minimum atomic E-state index is -1.34. The summed E-state index contributed by atoms with van der Waals surface area (Å²) in [5.41, 5.74) is 5.18. The molecule has 0 aliphatic carbocycles. The van der Waals surface area contributed by atoms with Crippen molar-refractivity contribution in [3.63, 3.8) is 0 Å². The van der Waals surface area contributed by atoms with Gasteiger partial charge in [0.25, 0.3) is 5.91 Å². The maximum Gasteiger partial charge on any atom is 0.325 e. The van der Waals surface area contributed by atoms with Gasteiger partial charge < -0.3 is 27.3 Å². The lowest BCUT2D eigenvalue weighted by atomic mass is 9.91. The summed E-state index contributed by atoms with van der Waals surface area (Å²) >= 11 is 0. The number of carboxylic acid groups (broad SMARTS) is 1. The molecule has 144 valence electrons. The Morgan fingerprint density at radius 3 is 2.56 bits per heavy atom. The smallest absolute Gasteiger partial charge is 0.325 e. The average molecular weight is 376 g/mol. The molecule has 4 amide bonds. The third-order valence-corrected chi connectivity index (χ3v) is 4.12. The van der Waals surface area contributed by atoms with Crippen molar-refractivity contribution in [2.75, 3.05) is 13.1 Å². The highest BCUT2D eigenvalue weighted by atomic mass is 16.4. The lowest BCUT2D eigenvalue weighted by Crippen LogP contribution is -2.47. The molecule has 11 heteroatoms. The summed E-state index contributed by atoms with van der Waals surface area (Å²) < 4.78 is 0. The topological polar surface area (TPSA) is 180 Å². The zero-order valence-electron chi connectivity index (χ0n) is 14.5.